The molecular formula is C26H33FN2O3. The maximum Gasteiger partial charge on any atom is 0.243 e. The smallest absolute Gasteiger partial charge is 0.243 e. The van der Waals surface area contributed by atoms with Gasteiger partial charge < -0.3 is 15.0 Å². The molecule has 1 aliphatic carbocycles. The van der Waals surface area contributed by atoms with Gasteiger partial charge in [-0.05, 0) is 48.6 Å². The summed E-state index contributed by atoms with van der Waals surface area (Å²) in [6, 6.07) is 13.3. The molecule has 1 saturated carbocycles. The monoisotopic (exact) mass is 440 g/mol. The Morgan fingerprint density at radius 3 is 2.56 bits per heavy atom. The van der Waals surface area contributed by atoms with Crippen molar-refractivity contribution in [1.82, 2.24) is 10.2 Å². The van der Waals surface area contributed by atoms with Crippen molar-refractivity contribution in [3.63, 3.8) is 0 Å². The maximum atomic E-state index is 14.2. The highest BCUT2D eigenvalue weighted by Gasteiger charge is 2.30. The number of carbonyl (C=O) groups is 2. The summed E-state index contributed by atoms with van der Waals surface area (Å²) in [4.78, 5) is 28.2. The Labute approximate surface area is 190 Å². The number of halogens is 1. The van der Waals surface area contributed by atoms with E-state index < -0.39 is 11.9 Å². The molecule has 6 heteroatoms. The first kappa shape index (κ1) is 23.8. The first-order valence-corrected chi connectivity index (χ1v) is 11.5. The van der Waals surface area contributed by atoms with E-state index in [0.717, 1.165) is 31.2 Å². The Balaban J connectivity index is 1.83. The van der Waals surface area contributed by atoms with Crippen LogP contribution in [-0.2, 0) is 22.6 Å². The molecule has 1 fully saturated rings. The van der Waals surface area contributed by atoms with E-state index in [1.807, 2.05) is 31.2 Å². The molecule has 2 aromatic carbocycles. The number of rotatable bonds is 9. The topological polar surface area (TPSA) is 58.6 Å². The molecule has 0 spiro atoms. The third kappa shape index (κ3) is 6.31. The number of nitrogens with one attached hydrogen (secondary N) is 1. The lowest BCUT2D eigenvalue weighted by atomic mass is 9.95. The maximum absolute atomic E-state index is 14.2. The van der Waals surface area contributed by atoms with Crippen LogP contribution in [0, 0.1) is 5.82 Å². The molecule has 0 heterocycles. The van der Waals surface area contributed by atoms with Gasteiger partial charge in [0.25, 0.3) is 0 Å². The van der Waals surface area contributed by atoms with Crippen LogP contribution in [0.15, 0.2) is 48.5 Å². The van der Waals surface area contributed by atoms with Crippen molar-refractivity contribution in [1.29, 1.82) is 0 Å². The Morgan fingerprint density at radius 1 is 1.12 bits per heavy atom. The zero-order chi connectivity index (χ0) is 22.9. The number of hydrogen-bond acceptors (Lipinski definition) is 3. The largest absolute Gasteiger partial charge is 0.497 e. The molecule has 2 amide bonds. The van der Waals surface area contributed by atoms with Gasteiger partial charge in [0, 0.05) is 12.6 Å². The lowest BCUT2D eigenvalue weighted by Gasteiger charge is -2.33. The van der Waals surface area contributed by atoms with Crippen molar-refractivity contribution >= 4 is 11.8 Å². The fourth-order valence-electron chi connectivity index (χ4n) is 4.34. The molecule has 1 N–H and O–H groups in total. The molecule has 2 aromatic rings. The molecule has 0 aromatic heterocycles. The number of carbonyl (C=O) groups excluding carboxylic acids is 2. The van der Waals surface area contributed by atoms with Crippen LogP contribution in [0.5, 0.6) is 5.75 Å². The van der Waals surface area contributed by atoms with Crippen LogP contribution in [0.3, 0.4) is 0 Å². The third-order valence-corrected chi connectivity index (χ3v) is 6.12. The van der Waals surface area contributed by atoms with Gasteiger partial charge in [0.2, 0.25) is 11.8 Å². The molecule has 5 nitrogen and oxygen atoms in total. The van der Waals surface area contributed by atoms with Crippen LogP contribution < -0.4 is 10.1 Å². The highest BCUT2D eigenvalue weighted by molar-refractivity contribution is 5.88. The second-order valence-corrected chi connectivity index (χ2v) is 8.41. The lowest BCUT2D eigenvalue weighted by molar-refractivity contribution is -0.141. The number of benzene rings is 2. The number of methoxy groups -OCH3 is 1. The van der Waals surface area contributed by atoms with Gasteiger partial charge in [-0.1, -0.05) is 56.5 Å². The number of nitrogens with zero attached hydrogens (tertiary/aromatic N) is 1. The fraction of sp³-hybridized carbons (Fsp3) is 0.462. The van der Waals surface area contributed by atoms with Crippen LogP contribution >= 0.6 is 0 Å². The SMILES string of the molecule is CCC(C(=O)NC1CCCCC1)N(Cc1cccc(OC)c1)C(=O)Cc1ccccc1F. The molecule has 0 radical (unpaired) electrons. The second kappa shape index (κ2) is 11.7. The highest BCUT2D eigenvalue weighted by atomic mass is 19.1. The Hall–Kier alpha value is -2.89. The van der Waals surface area contributed by atoms with Crippen molar-refractivity contribution < 1.29 is 18.7 Å². The third-order valence-electron chi connectivity index (χ3n) is 6.12. The molecule has 1 atom stereocenters. The molecule has 172 valence electrons. The zero-order valence-electron chi connectivity index (χ0n) is 19.0. The van der Waals surface area contributed by atoms with Gasteiger partial charge in [-0.15, -0.1) is 0 Å². The van der Waals surface area contributed by atoms with Crippen molar-refractivity contribution in [2.45, 2.75) is 70.5 Å². The molecular weight excluding hydrogens is 407 g/mol. The van der Waals surface area contributed by atoms with E-state index in [9.17, 15) is 14.0 Å². The normalized spacial score (nSPS) is 15.1. The predicted molar refractivity (Wildman–Crippen MR) is 123 cm³/mol. The second-order valence-electron chi connectivity index (χ2n) is 8.41. The van der Waals surface area contributed by atoms with E-state index in [4.69, 9.17) is 4.74 Å². The summed E-state index contributed by atoms with van der Waals surface area (Å²) in [6.07, 6.45) is 5.76. The number of hydrogen-bond donors (Lipinski definition) is 1. The average Bonchev–Trinajstić information content (AvgIpc) is 2.81. The quantitative estimate of drug-likeness (QED) is 0.618. The average molecular weight is 441 g/mol. The Kier molecular flexibility index (Phi) is 8.65. The van der Waals surface area contributed by atoms with Gasteiger partial charge in [0.1, 0.15) is 17.6 Å². The van der Waals surface area contributed by atoms with Crippen LogP contribution in [0.4, 0.5) is 4.39 Å². The summed E-state index contributed by atoms with van der Waals surface area (Å²) in [5.41, 5.74) is 1.19. The lowest BCUT2D eigenvalue weighted by Crippen LogP contribution is -2.52. The fourth-order valence-corrected chi connectivity index (χ4v) is 4.34. The molecule has 0 bridgehead atoms. The summed E-state index contributed by atoms with van der Waals surface area (Å²) in [5, 5.41) is 3.16. The van der Waals surface area contributed by atoms with Crippen molar-refractivity contribution in [3.8, 4) is 5.75 Å². The van der Waals surface area contributed by atoms with E-state index in [0.29, 0.717) is 17.7 Å². The van der Waals surface area contributed by atoms with Gasteiger partial charge in [-0.2, -0.15) is 0 Å². The standard InChI is InChI=1S/C26H33FN2O3/c1-3-24(26(31)28-21-12-5-4-6-13-21)29(18-19-10-9-14-22(16-19)32-2)25(30)17-20-11-7-8-15-23(20)27/h7-11,14-16,21,24H,3-6,12-13,17-18H2,1-2H3,(H,28,31). The highest BCUT2D eigenvalue weighted by Crippen LogP contribution is 2.21. The first-order chi connectivity index (χ1) is 15.5. The molecule has 1 unspecified atom stereocenters. The summed E-state index contributed by atoms with van der Waals surface area (Å²) in [5.74, 6) is -0.140. The van der Waals surface area contributed by atoms with E-state index in [2.05, 4.69) is 5.32 Å². The summed E-state index contributed by atoms with van der Waals surface area (Å²) in [6.45, 7) is 2.15. The van der Waals surface area contributed by atoms with Crippen molar-refractivity contribution in [3.05, 3.63) is 65.5 Å². The zero-order valence-corrected chi connectivity index (χ0v) is 19.0. The van der Waals surface area contributed by atoms with Crippen LogP contribution in [0.1, 0.15) is 56.6 Å². The van der Waals surface area contributed by atoms with Crippen molar-refractivity contribution in [2.75, 3.05) is 7.11 Å². The van der Waals surface area contributed by atoms with Gasteiger partial charge >= 0.3 is 0 Å². The van der Waals surface area contributed by atoms with Gasteiger partial charge in [0.05, 0.1) is 13.5 Å². The first-order valence-electron chi connectivity index (χ1n) is 11.5. The van der Waals surface area contributed by atoms with E-state index in [-0.39, 0.29) is 30.8 Å². The minimum absolute atomic E-state index is 0.0934. The van der Waals surface area contributed by atoms with Crippen molar-refractivity contribution in [2.24, 2.45) is 0 Å². The van der Waals surface area contributed by atoms with E-state index >= 15 is 0 Å². The molecule has 1 aliphatic rings. The predicted octanol–water partition coefficient (Wildman–Crippen LogP) is 4.63. The Morgan fingerprint density at radius 2 is 1.88 bits per heavy atom. The molecule has 32 heavy (non-hydrogen) atoms. The minimum Gasteiger partial charge on any atom is -0.497 e. The molecule has 0 saturated heterocycles. The number of ether oxygens (including phenoxy) is 1. The summed E-state index contributed by atoms with van der Waals surface area (Å²) in [7, 11) is 1.59. The van der Waals surface area contributed by atoms with E-state index in [1.54, 1.807) is 30.2 Å². The number of amides is 2. The summed E-state index contributed by atoms with van der Waals surface area (Å²) >= 11 is 0. The minimum atomic E-state index is -0.623. The van der Waals surface area contributed by atoms with Crippen LogP contribution in [0.25, 0.3) is 0 Å². The van der Waals surface area contributed by atoms with Gasteiger partial charge in [-0.3, -0.25) is 9.59 Å². The van der Waals surface area contributed by atoms with Gasteiger partial charge in [0.15, 0.2) is 0 Å². The van der Waals surface area contributed by atoms with Gasteiger partial charge in [-0.25, -0.2) is 4.39 Å². The molecule has 3 rings (SSSR count). The van der Waals surface area contributed by atoms with Crippen LogP contribution in [-0.4, -0.2) is 35.9 Å². The van der Waals surface area contributed by atoms with E-state index in [1.165, 1.54) is 12.5 Å². The Bertz CT molecular complexity index is 911. The molecule has 0 aliphatic heterocycles. The van der Waals surface area contributed by atoms with Crippen LogP contribution in [0.2, 0.25) is 0 Å². The summed E-state index contributed by atoms with van der Waals surface area (Å²) < 4.78 is 19.5.